The average Bonchev–Trinajstić information content (AvgIpc) is 2.41. The standard InChI is InChI=1S/C14H24N4O.2ClH/c1-5-18(6-2)12-8-7-11(9-16-12)17-14(19)13(15)10(3)4;;/h7-10,13H,5-6,15H2,1-4H3,(H,17,19);2*1H. The molecule has 1 atom stereocenters. The summed E-state index contributed by atoms with van der Waals surface area (Å²) < 4.78 is 0. The fraction of sp³-hybridized carbons (Fsp3) is 0.571. The monoisotopic (exact) mass is 336 g/mol. The molecule has 3 N–H and O–H groups in total. The summed E-state index contributed by atoms with van der Waals surface area (Å²) >= 11 is 0. The molecular weight excluding hydrogens is 311 g/mol. The van der Waals surface area contributed by atoms with Gasteiger partial charge in [-0.05, 0) is 31.9 Å². The quantitative estimate of drug-likeness (QED) is 0.837. The van der Waals surface area contributed by atoms with Crippen LogP contribution in [0.25, 0.3) is 0 Å². The van der Waals surface area contributed by atoms with Gasteiger partial charge < -0.3 is 16.0 Å². The summed E-state index contributed by atoms with van der Waals surface area (Å²) in [6.07, 6.45) is 1.67. The Hall–Kier alpha value is -1.04. The van der Waals surface area contributed by atoms with Crippen LogP contribution < -0.4 is 16.0 Å². The molecule has 0 bridgehead atoms. The Kier molecular flexibility index (Phi) is 11.3. The van der Waals surface area contributed by atoms with Gasteiger partial charge in [-0.2, -0.15) is 0 Å². The highest BCUT2D eigenvalue weighted by Gasteiger charge is 2.17. The molecule has 122 valence electrons. The Balaban J connectivity index is 0. The van der Waals surface area contributed by atoms with Crippen molar-refractivity contribution in [2.45, 2.75) is 33.7 Å². The van der Waals surface area contributed by atoms with Gasteiger partial charge in [0.05, 0.1) is 17.9 Å². The lowest BCUT2D eigenvalue weighted by Gasteiger charge is -2.20. The van der Waals surface area contributed by atoms with Crippen LogP contribution in [-0.4, -0.2) is 30.0 Å². The molecule has 0 saturated heterocycles. The molecule has 1 amide bonds. The van der Waals surface area contributed by atoms with Crippen molar-refractivity contribution in [3.63, 3.8) is 0 Å². The molecule has 0 saturated carbocycles. The third-order valence-corrected chi connectivity index (χ3v) is 3.12. The molecule has 0 aliphatic heterocycles. The third-order valence-electron chi connectivity index (χ3n) is 3.12. The first kappa shape index (κ1) is 22.2. The molecule has 7 heteroatoms. The number of carbonyl (C=O) groups is 1. The molecule has 1 rings (SSSR count). The van der Waals surface area contributed by atoms with E-state index in [4.69, 9.17) is 5.73 Å². The summed E-state index contributed by atoms with van der Waals surface area (Å²) in [5, 5.41) is 2.78. The van der Waals surface area contributed by atoms with Crippen molar-refractivity contribution in [2.75, 3.05) is 23.3 Å². The minimum atomic E-state index is -0.498. The van der Waals surface area contributed by atoms with E-state index < -0.39 is 6.04 Å². The van der Waals surface area contributed by atoms with E-state index in [0.717, 1.165) is 18.9 Å². The van der Waals surface area contributed by atoms with E-state index in [1.807, 2.05) is 26.0 Å². The van der Waals surface area contributed by atoms with Gasteiger partial charge in [-0.3, -0.25) is 4.79 Å². The summed E-state index contributed by atoms with van der Waals surface area (Å²) in [4.78, 5) is 18.3. The van der Waals surface area contributed by atoms with Gasteiger partial charge in [0.15, 0.2) is 0 Å². The largest absolute Gasteiger partial charge is 0.357 e. The van der Waals surface area contributed by atoms with Crippen LogP contribution in [-0.2, 0) is 4.79 Å². The van der Waals surface area contributed by atoms with Gasteiger partial charge in [-0.15, -0.1) is 24.8 Å². The van der Waals surface area contributed by atoms with Gasteiger partial charge in [0.1, 0.15) is 5.82 Å². The van der Waals surface area contributed by atoms with Gasteiger partial charge in [0.25, 0.3) is 0 Å². The minimum Gasteiger partial charge on any atom is -0.357 e. The second-order valence-electron chi connectivity index (χ2n) is 4.84. The molecule has 1 aromatic heterocycles. The number of anilines is 2. The van der Waals surface area contributed by atoms with E-state index in [2.05, 4.69) is 29.0 Å². The number of hydrogen-bond donors (Lipinski definition) is 2. The van der Waals surface area contributed by atoms with E-state index in [1.165, 1.54) is 0 Å². The molecule has 5 nitrogen and oxygen atoms in total. The zero-order chi connectivity index (χ0) is 14.4. The molecule has 0 aromatic carbocycles. The SMILES string of the molecule is CCN(CC)c1ccc(NC(=O)C(N)C(C)C)cn1.Cl.Cl. The summed E-state index contributed by atoms with van der Waals surface area (Å²) in [7, 11) is 0. The van der Waals surface area contributed by atoms with Gasteiger partial charge >= 0.3 is 0 Å². The van der Waals surface area contributed by atoms with Crippen molar-refractivity contribution in [3.8, 4) is 0 Å². The molecule has 0 spiro atoms. The zero-order valence-electron chi connectivity index (χ0n) is 13.0. The van der Waals surface area contributed by atoms with E-state index in [9.17, 15) is 4.79 Å². The van der Waals surface area contributed by atoms with Crippen LogP contribution in [0.4, 0.5) is 11.5 Å². The number of hydrogen-bond acceptors (Lipinski definition) is 4. The highest BCUT2D eigenvalue weighted by molar-refractivity contribution is 5.94. The van der Waals surface area contributed by atoms with Crippen LogP contribution in [0.1, 0.15) is 27.7 Å². The predicted octanol–water partition coefficient (Wildman–Crippen LogP) is 2.69. The fourth-order valence-corrected chi connectivity index (χ4v) is 1.72. The number of pyridine rings is 1. The molecule has 1 aromatic rings. The van der Waals surface area contributed by atoms with E-state index in [1.54, 1.807) is 6.20 Å². The maximum Gasteiger partial charge on any atom is 0.241 e. The number of nitrogens with one attached hydrogen (secondary N) is 1. The lowest BCUT2D eigenvalue weighted by molar-refractivity contribution is -0.118. The number of nitrogens with zero attached hydrogens (tertiary/aromatic N) is 2. The van der Waals surface area contributed by atoms with Crippen LogP contribution in [0.5, 0.6) is 0 Å². The zero-order valence-corrected chi connectivity index (χ0v) is 14.6. The Morgan fingerprint density at radius 1 is 1.29 bits per heavy atom. The second kappa shape index (κ2) is 10.7. The summed E-state index contributed by atoms with van der Waals surface area (Å²) in [5.74, 6) is 0.853. The summed E-state index contributed by atoms with van der Waals surface area (Å²) in [6.45, 7) is 9.84. The first-order valence-electron chi connectivity index (χ1n) is 6.77. The molecule has 1 heterocycles. The van der Waals surface area contributed by atoms with Crippen LogP contribution in [0.2, 0.25) is 0 Å². The van der Waals surface area contributed by atoms with Crippen molar-refractivity contribution in [1.82, 2.24) is 4.98 Å². The average molecular weight is 337 g/mol. The Morgan fingerprint density at radius 2 is 1.86 bits per heavy atom. The fourth-order valence-electron chi connectivity index (χ4n) is 1.72. The molecule has 21 heavy (non-hydrogen) atoms. The summed E-state index contributed by atoms with van der Waals surface area (Å²) in [5.41, 5.74) is 6.47. The third kappa shape index (κ3) is 6.50. The Morgan fingerprint density at radius 3 is 2.24 bits per heavy atom. The number of nitrogens with two attached hydrogens (primary N) is 1. The van der Waals surface area contributed by atoms with Crippen LogP contribution >= 0.6 is 24.8 Å². The predicted molar refractivity (Wildman–Crippen MR) is 93.7 cm³/mol. The molecule has 0 aliphatic carbocycles. The molecule has 0 radical (unpaired) electrons. The summed E-state index contributed by atoms with van der Waals surface area (Å²) in [6, 6.07) is 3.26. The number of aromatic nitrogens is 1. The topological polar surface area (TPSA) is 71.2 Å². The number of amides is 1. The molecule has 1 unspecified atom stereocenters. The van der Waals surface area contributed by atoms with Crippen molar-refractivity contribution in [3.05, 3.63) is 18.3 Å². The Bertz CT molecular complexity index is 408. The van der Waals surface area contributed by atoms with Gasteiger partial charge in [0, 0.05) is 13.1 Å². The van der Waals surface area contributed by atoms with Crippen LogP contribution in [0.15, 0.2) is 18.3 Å². The van der Waals surface area contributed by atoms with Crippen LogP contribution in [0.3, 0.4) is 0 Å². The van der Waals surface area contributed by atoms with Crippen molar-refractivity contribution < 1.29 is 4.79 Å². The van der Waals surface area contributed by atoms with Crippen LogP contribution in [0, 0.1) is 5.92 Å². The molecule has 0 aliphatic rings. The lowest BCUT2D eigenvalue weighted by atomic mass is 10.1. The lowest BCUT2D eigenvalue weighted by Crippen LogP contribution is -2.39. The highest BCUT2D eigenvalue weighted by Crippen LogP contribution is 2.14. The molecule has 0 fully saturated rings. The molecular formula is C14H26Cl2N4O. The number of halogens is 2. The van der Waals surface area contributed by atoms with E-state index >= 15 is 0 Å². The second-order valence-corrected chi connectivity index (χ2v) is 4.84. The number of rotatable bonds is 6. The maximum atomic E-state index is 11.8. The first-order valence-corrected chi connectivity index (χ1v) is 6.77. The van der Waals surface area contributed by atoms with Crippen molar-refractivity contribution >= 4 is 42.2 Å². The highest BCUT2D eigenvalue weighted by atomic mass is 35.5. The van der Waals surface area contributed by atoms with Gasteiger partial charge in [-0.1, -0.05) is 13.8 Å². The van der Waals surface area contributed by atoms with Crippen molar-refractivity contribution in [2.24, 2.45) is 11.7 Å². The van der Waals surface area contributed by atoms with E-state index in [-0.39, 0.29) is 36.6 Å². The smallest absolute Gasteiger partial charge is 0.241 e. The van der Waals surface area contributed by atoms with E-state index in [0.29, 0.717) is 5.69 Å². The first-order chi connectivity index (χ1) is 8.99. The van der Waals surface area contributed by atoms with Crippen molar-refractivity contribution in [1.29, 1.82) is 0 Å². The Labute approximate surface area is 139 Å². The normalized spacial score (nSPS) is 11.1. The van der Waals surface area contributed by atoms with Gasteiger partial charge in [-0.25, -0.2) is 4.98 Å². The van der Waals surface area contributed by atoms with Gasteiger partial charge in [0.2, 0.25) is 5.91 Å². The minimum absolute atomic E-state index is 0. The maximum absolute atomic E-state index is 11.8. The number of carbonyl (C=O) groups excluding carboxylic acids is 1.